The highest BCUT2D eigenvalue weighted by molar-refractivity contribution is 9.10. The molecule has 0 aliphatic carbocycles. The van der Waals surface area contributed by atoms with Crippen LogP contribution in [-0.4, -0.2) is 33.2 Å². The molecule has 2 rings (SSSR count). The number of rotatable bonds is 4. The molecule has 1 aliphatic heterocycles. The summed E-state index contributed by atoms with van der Waals surface area (Å²) in [5, 5.41) is 4.52. The minimum Gasteiger partial charge on any atom is -0.369 e. The van der Waals surface area contributed by atoms with E-state index >= 15 is 0 Å². The summed E-state index contributed by atoms with van der Waals surface area (Å²) in [5.41, 5.74) is 7.71. The maximum Gasteiger partial charge on any atom is 0.221 e. The van der Waals surface area contributed by atoms with Crippen LogP contribution in [0.15, 0.2) is 4.47 Å². The zero-order chi connectivity index (χ0) is 14.9. The van der Waals surface area contributed by atoms with E-state index < -0.39 is 0 Å². The molecule has 2 atom stereocenters. The van der Waals surface area contributed by atoms with E-state index in [-0.39, 0.29) is 11.8 Å². The predicted molar refractivity (Wildman–Crippen MR) is 82.1 cm³/mol. The van der Waals surface area contributed by atoms with Gasteiger partial charge in [-0.15, -0.1) is 0 Å². The van der Waals surface area contributed by atoms with Crippen molar-refractivity contribution in [3.8, 4) is 0 Å². The summed E-state index contributed by atoms with van der Waals surface area (Å²) in [7, 11) is 1.97. The lowest BCUT2D eigenvalue weighted by Gasteiger charge is -2.36. The smallest absolute Gasteiger partial charge is 0.221 e. The first-order valence-corrected chi connectivity index (χ1v) is 7.96. The molecule has 1 aromatic heterocycles. The predicted octanol–water partition coefficient (Wildman–Crippen LogP) is 1.83. The second-order valence-corrected chi connectivity index (χ2v) is 6.43. The summed E-state index contributed by atoms with van der Waals surface area (Å²) in [6.07, 6.45) is 2.83. The number of nitrogens with two attached hydrogens (primary N) is 1. The van der Waals surface area contributed by atoms with Crippen molar-refractivity contribution in [2.24, 2.45) is 18.7 Å². The summed E-state index contributed by atoms with van der Waals surface area (Å²) in [6, 6.07) is 0.470. The lowest BCUT2D eigenvalue weighted by atomic mass is 9.93. The second-order valence-electron chi connectivity index (χ2n) is 5.64. The molecule has 112 valence electrons. The fourth-order valence-electron chi connectivity index (χ4n) is 2.82. The van der Waals surface area contributed by atoms with Gasteiger partial charge in [-0.3, -0.25) is 14.4 Å². The summed E-state index contributed by atoms with van der Waals surface area (Å²) < 4.78 is 3.03. The van der Waals surface area contributed by atoms with Gasteiger partial charge in [0.05, 0.1) is 21.8 Å². The standard InChI is InChI=1S/C14H23BrN4O/c1-4-11-13(15)12(18(3)17-11)8-19-7-10(14(16)20)6-5-9(19)2/h9-10H,4-8H2,1-3H3,(H2,16,20). The van der Waals surface area contributed by atoms with Crippen LogP contribution >= 0.6 is 15.9 Å². The molecule has 1 saturated heterocycles. The van der Waals surface area contributed by atoms with Gasteiger partial charge in [0.1, 0.15) is 0 Å². The summed E-state index contributed by atoms with van der Waals surface area (Å²) in [6.45, 7) is 5.86. The van der Waals surface area contributed by atoms with Gasteiger partial charge in [0, 0.05) is 26.2 Å². The van der Waals surface area contributed by atoms with Crippen LogP contribution in [-0.2, 0) is 24.8 Å². The molecule has 5 nitrogen and oxygen atoms in total. The molecule has 20 heavy (non-hydrogen) atoms. The van der Waals surface area contributed by atoms with Gasteiger partial charge in [0.15, 0.2) is 0 Å². The van der Waals surface area contributed by atoms with Gasteiger partial charge >= 0.3 is 0 Å². The van der Waals surface area contributed by atoms with E-state index in [0.29, 0.717) is 6.04 Å². The van der Waals surface area contributed by atoms with Crippen LogP contribution in [0.3, 0.4) is 0 Å². The molecule has 2 N–H and O–H groups in total. The van der Waals surface area contributed by atoms with Crippen LogP contribution < -0.4 is 5.73 Å². The van der Waals surface area contributed by atoms with Crippen molar-refractivity contribution < 1.29 is 4.79 Å². The lowest BCUT2D eigenvalue weighted by Crippen LogP contribution is -2.45. The Balaban J connectivity index is 2.15. The monoisotopic (exact) mass is 342 g/mol. The van der Waals surface area contributed by atoms with E-state index in [1.165, 1.54) is 5.69 Å². The van der Waals surface area contributed by atoms with Gasteiger partial charge in [-0.2, -0.15) is 5.10 Å². The van der Waals surface area contributed by atoms with Crippen LogP contribution in [0.25, 0.3) is 0 Å². The SMILES string of the molecule is CCc1nn(C)c(CN2CC(C(N)=O)CCC2C)c1Br. The third-order valence-corrected chi connectivity index (χ3v) is 5.18. The van der Waals surface area contributed by atoms with Crippen molar-refractivity contribution in [1.29, 1.82) is 0 Å². The molecule has 0 radical (unpaired) electrons. The highest BCUT2D eigenvalue weighted by Gasteiger charge is 2.29. The number of aryl methyl sites for hydroxylation is 2. The molecule has 2 unspecified atom stereocenters. The number of primary amides is 1. The van der Waals surface area contributed by atoms with Crippen molar-refractivity contribution in [3.63, 3.8) is 0 Å². The Hall–Kier alpha value is -0.880. The number of nitrogens with zero attached hydrogens (tertiary/aromatic N) is 3. The van der Waals surface area contributed by atoms with Gasteiger partial charge in [0.25, 0.3) is 0 Å². The van der Waals surface area contributed by atoms with Gasteiger partial charge in [-0.05, 0) is 42.1 Å². The number of hydrogen-bond donors (Lipinski definition) is 1. The zero-order valence-electron chi connectivity index (χ0n) is 12.4. The van der Waals surface area contributed by atoms with Gasteiger partial charge in [-0.25, -0.2) is 0 Å². The van der Waals surface area contributed by atoms with Crippen LogP contribution in [0.2, 0.25) is 0 Å². The number of hydrogen-bond acceptors (Lipinski definition) is 3. The first-order valence-electron chi connectivity index (χ1n) is 7.17. The summed E-state index contributed by atoms with van der Waals surface area (Å²) >= 11 is 3.65. The van der Waals surface area contributed by atoms with Gasteiger partial charge in [0.2, 0.25) is 5.91 Å². The minimum absolute atomic E-state index is 0.0242. The molecule has 2 heterocycles. The van der Waals surface area contributed by atoms with Crippen molar-refractivity contribution in [2.75, 3.05) is 6.54 Å². The van der Waals surface area contributed by atoms with Crippen LogP contribution in [0.4, 0.5) is 0 Å². The highest BCUT2D eigenvalue weighted by Crippen LogP contribution is 2.27. The average Bonchev–Trinajstić information content (AvgIpc) is 2.68. The Kier molecular flexibility index (Phi) is 4.86. The van der Waals surface area contributed by atoms with E-state index in [1.807, 2.05) is 11.7 Å². The molecule has 1 aliphatic rings. The number of amides is 1. The van der Waals surface area contributed by atoms with Gasteiger partial charge < -0.3 is 5.73 Å². The van der Waals surface area contributed by atoms with E-state index in [0.717, 1.165) is 42.5 Å². The number of halogens is 1. The van der Waals surface area contributed by atoms with Gasteiger partial charge in [-0.1, -0.05) is 6.92 Å². The summed E-state index contributed by atoms with van der Waals surface area (Å²) in [4.78, 5) is 13.7. The Morgan fingerprint density at radius 2 is 2.20 bits per heavy atom. The largest absolute Gasteiger partial charge is 0.369 e. The fraction of sp³-hybridized carbons (Fsp3) is 0.714. The van der Waals surface area contributed by atoms with Crippen LogP contribution in [0.5, 0.6) is 0 Å². The van der Waals surface area contributed by atoms with Crippen LogP contribution in [0.1, 0.15) is 38.1 Å². The second kappa shape index (κ2) is 6.26. The molecule has 1 amide bonds. The normalized spacial score (nSPS) is 24.0. The third-order valence-electron chi connectivity index (χ3n) is 4.27. The van der Waals surface area contributed by atoms with E-state index in [1.54, 1.807) is 0 Å². The number of likely N-dealkylation sites (tertiary alicyclic amines) is 1. The molecular formula is C14H23BrN4O. The number of aromatic nitrogens is 2. The third kappa shape index (κ3) is 3.06. The minimum atomic E-state index is -0.180. The Morgan fingerprint density at radius 1 is 1.50 bits per heavy atom. The molecule has 0 spiro atoms. The Morgan fingerprint density at radius 3 is 2.75 bits per heavy atom. The van der Waals surface area contributed by atoms with E-state index in [2.05, 4.69) is 39.8 Å². The first kappa shape index (κ1) is 15.5. The molecule has 0 saturated carbocycles. The zero-order valence-corrected chi connectivity index (χ0v) is 14.0. The summed E-state index contributed by atoms with van der Waals surface area (Å²) in [5.74, 6) is -0.205. The highest BCUT2D eigenvalue weighted by atomic mass is 79.9. The number of carbonyl (C=O) groups excluding carboxylic acids is 1. The number of carbonyl (C=O) groups is 1. The maximum absolute atomic E-state index is 11.4. The molecule has 0 bridgehead atoms. The first-order chi connectivity index (χ1) is 9.43. The lowest BCUT2D eigenvalue weighted by molar-refractivity contribution is -0.124. The molecule has 1 aromatic rings. The van der Waals surface area contributed by atoms with Crippen molar-refractivity contribution >= 4 is 21.8 Å². The van der Waals surface area contributed by atoms with Crippen molar-refractivity contribution in [1.82, 2.24) is 14.7 Å². The molecule has 1 fully saturated rings. The maximum atomic E-state index is 11.4. The number of piperidine rings is 1. The Labute approximate surface area is 128 Å². The topological polar surface area (TPSA) is 64.2 Å². The quantitative estimate of drug-likeness (QED) is 0.907. The van der Waals surface area contributed by atoms with Crippen molar-refractivity contribution in [3.05, 3.63) is 15.9 Å². The Bertz CT molecular complexity index is 500. The van der Waals surface area contributed by atoms with E-state index in [4.69, 9.17) is 5.73 Å². The fourth-order valence-corrected chi connectivity index (χ4v) is 3.56. The van der Waals surface area contributed by atoms with Crippen LogP contribution in [0, 0.1) is 5.92 Å². The van der Waals surface area contributed by atoms with E-state index in [9.17, 15) is 4.79 Å². The molecular weight excluding hydrogens is 320 g/mol. The molecule has 0 aromatic carbocycles. The molecule has 6 heteroatoms. The average molecular weight is 343 g/mol. The van der Waals surface area contributed by atoms with Crippen molar-refractivity contribution in [2.45, 2.75) is 45.7 Å².